The Morgan fingerprint density at radius 1 is 1.38 bits per heavy atom. The summed E-state index contributed by atoms with van der Waals surface area (Å²) in [6.07, 6.45) is 1.77. The molecule has 0 radical (unpaired) electrons. The topological polar surface area (TPSA) is 78.5 Å². The summed E-state index contributed by atoms with van der Waals surface area (Å²) in [6, 6.07) is 6.02. The van der Waals surface area contributed by atoms with Gasteiger partial charge in [0.05, 0.1) is 4.90 Å². The molecule has 1 aromatic rings. The second kappa shape index (κ2) is 6.55. The zero-order valence-electron chi connectivity index (χ0n) is 12.3. The zero-order valence-corrected chi connectivity index (χ0v) is 13.1. The largest absolute Gasteiger partial charge is 0.345 e. The SMILES string of the molecule is CN(C)C(=O)c1cccc(S(=O)(=O)NC2CCCNC2)c1. The van der Waals surface area contributed by atoms with E-state index in [-0.39, 0.29) is 16.8 Å². The molecule has 1 aliphatic heterocycles. The molecule has 0 bridgehead atoms. The molecule has 1 saturated heterocycles. The second-order valence-electron chi connectivity index (χ2n) is 5.39. The van der Waals surface area contributed by atoms with Crippen LogP contribution in [0.25, 0.3) is 0 Å². The number of nitrogens with zero attached hydrogens (tertiary/aromatic N) is 1. The van der Waals surface area contributed by atoms with Gasteiger partial charge in [-0.1, -0.05) is 6.07 Å². The average molecular weight is 311 g/mol. The summed E-state index contributed by atoms with van der Waals surface area (Å²) < 4.78 is 27.5. The van der Waals surface area contributed by atoms with Gasteiger partial charge in [0.2, 0.25) is 10.0 Å². The summed E-state index contributed by atoms with van der Waals surface area (Å²) in [7, 11) is -0.334. The Bertz CT molecular complexity index is 608. The molecule has 1 atom stereocenters. The highest BCUT2D eigenvalue weighted by atomic mass is 32.2. The minimum absolute atomic E-state index is 0.100. The molecule has 7 heteroatoms. The lowest BCUT2D eigenvalue weighted by Gasteiger charge is -2.23. The van der Waals surface area contributed by atoms with Crippen molar-refractivity contribution < 1.29 is 13.2 Å². The van der Waals surface area contributed by atoms with Crippen LogP contribution < -0.4 is 10.0 Å². The molecule has 2 N–H and O–H groups in total. The summed E-state index contributed by atoms with van der Waals surface area (Å²) in [5, 5.41) is 3.17. The highest BCUT2D eigenvalue weighted by molar-refractivity contribution is 7.89. The van der Waals surface area contributed by atoms with Crippen LogP contribution in [-0.4, -0.2) is 52.5 Å². The van der Waals surface area contributed by atoms with Crippen molar-refractivity contribution in [1.29, 1.82) is 0 Å². The van der Waals surface area contributed by atoms with Gasteiger partial charge in [-0.25, -0.2) is 13.1 Å². The maximum Gasteiger partial charge on any atom is 0.253 e. The number of carbonyl (C=O) groups excluding carboxylic acids is 1. The summed E-state index contributed by atoms with van der Waals surface area (Å²) in [5.74, 6) is -0.216. The normalized spacial score (nSPS) is 19.2. The molecule has 2 rings (SSSR count). The molecule has 0 saturated carbocycles. The van der Waals surface area contributed by atoms with Crippen molar-refractivity contribution in [2.24, 2.45) is 0 Å². The van der Waals surface area contributed by atoms with E-state index in [9.17, 15) is 13.2 Å². The van der Waals surface area contributed by atoms with E-state index in [1.807, 2.05) is 0 Å². The molecule has 1 amide bonds. The number of nitrogens with one attached hydrogen (secondary N) is 2. The number of amides is 1. The van der Waals surface area contributed by atoms with Crippen LogP contribution in [0.4, 0.5) is 0 Å². The smallest absolute Gasteiger partial charge is 0.253 e. The molecule has 6 nitrogen and oxygen atoms in total. The zero-order chi connectivity index (χ0) is 15.5. The number of sulfonamides is 1. The van der Waals surface area contributed by atoms with Gasteiger partial charge in [0.25, 0.3) is 5.91 Å². The summed E-state index contributed by atoms with van der Waals surface area (Å²) in [6.45, 7) is 1.56. The average Bonchev–Trinajstić information content (AvgIpc) is 2.47. The molecule has 116 valence electrons. The number of carbonyl (C=O) groups is 1. The lowest BCUT2D eigenvalue weighted by atomic mass is 10.1. The van der Waals surface area contributed by atoms with Gasteiger partial charge in [0.15, 0.2) is 0 Å². The molecule has 1 unspecified atom stereocenters. The monoisotopic (exact) mass is 311 g/mol. The van der Waals surface area contributed by atoms with Gasteiger partial charge in [0, 0.05) is 32.2 Å². The predicted molar refractivity (Wildman–Crippen MR) is 80.7 cm³/mol. The number of rotatable bonds is 4. The van der Waals surface area contributed by atoms with Gasteiger partial charge < -0.3 is 10.2 Å². The van der Waals surface area contributed by atoms with Crippen LogP contribution in [0.1, 0.15) is 23.2 Å². The van der Waals surface area contributed by atoms with Crippen molar-refractivity contribution in [3.05, 3.63) is 29.8 Å². The molecule has 1 fully saturated rings. The first-order valence-corrected chi connectivity index (χ1v) is 8.43. The van der Waals surface area contributed by atoms with Gasteiger partial charge in [-0.05, 0) is 37.6 Å². The Balaban J connectivity index is 2.19. The quantitative estimate of drug-likeness (QED) is 0.845. The van der Waals surface area contributed by atoms with E-state index >= 15 is 0 Å². The van der Waals surface area contributed by atoms with E-state index < -0.39 is 10.0 Å². The fourth-order valence-corrected chi connectivity index (χ4v) is 3.61. The van der Waals surface area contributed by atoms with Gasteiger partial charge in [-0.2, -0.15) is 0 Å². The standard InChI is InChI=1S/C14H21N3O3S/c1-17(2)14(18)11-5-3-7-13(9-11)21(19,20)16-12-6-4-8-15-10-12/h3,5,7,9,12,15-16H,4,6,8,10H2,1-2H3. The molecule has 1 heterocycles. The third kappa shape index (κ3) is 4.03. The van der Waals surface area contributed by atoms with Gasteiger partial charge >= 0.3 is 0 Å². The Morgan fingerprint density at radius 3 is 2.76 bits per heavy atom. The maximum absolute atomic E-state index is 12.4. The third-order valence-corrected chi connectivity index (χ3v) is 4.93. The maximum atomic E-state index is 12.4. The van der Waals surface area contributed by atoms with E-state index in [0.717, 1.165) is 19.4 Å². The summed E-state index contributed by atoms with van der Waals surface area (Å²) in [4.78, 5) is 13.5. The van der Waals surface area contributed by atoms with E-state index in [4.69, 9.17) is 0 Å². The minimum Gasteiger partial charge on any atom is -0.345 e. The van der Waals surface area contributed by atoms with Crippen LogP contribution in [0.3, 0.4) is 0 Å². The Hall–Kier alpha value is -1.44. The Kier molecular flexibility index (Phi) is 4.97. The van der Waals surface area contributed by atoms with Crippen LogP contribution in [-0.2, 0) is 10.0 Å². The van der Waals surface area contributed by atoms with Crippen LogP contribution in [0.5, 0.6) is 0 Å². The number of piperidine rings is 1. The summed E-state index contributed by atoms with van der Waals surface area (Å²) in [5.41, 5.74) is 0.365. The molecule has 1 aromatic carbocycles. The molecular weight excluding hydrogens is 290 g/mol. The van der Waals surface area contributed by atoms with Crippen LogP contribution in [0, 0.1) is 0 Å². The van der Waals surface area contributed by atoms with E-state index in [2.05, 4.69) is 10.0 Å². The number of benzene rings is 1. The van der Waals surface area contributed by atoms with Crippen molar-refractivity contribution >= 4 is 15.9 Å². The van der Waals surface area contributed by atoms with E-state index in [1.165, 1.54) is 17.0 Å². The second-order valence-corrected chi connectivity index (χ2v) is 7.11. The minimum atomic E-state index is -3.60. The van der Waals surface area contributed by atoms with Crippen molar-refractivity contribution in [2.75, 3.05) is 27.2 Å². The van der Waals surface area contributed by atoms with Crippen molar-refractivity contribution in [3.63, 3.8) is 0 Å². The van der Waals surface area contributed by atoms with Gasteiger partial charge in [-0.3, -0.25) is 4.79 Å². The first kappa shape index (κ1) is 15.9. The Labute approximate surface area is 125 Å². The van der Waals surface area contributed by atoms with Crippen molar-refractivity contribution in [1.82, 2.24) is 14.9 Å². The predicted octanol–water partition coefficient (Wildman–Crippen LogP) is 0.419. The lowest BCUT2D eigenvalue weighted by Crippen LogP contribution is -2.45. The molecule has 0 spiro atoms. The number of hydrogen-bond acceptors (Lipinski definition) is 4. The van der Waals surface area contributed by atoms with Crippen molar-refractivity contribution in [2.45, 2.75) is 23.8 Å². The molecule has 21 heavy (non-hydrogen) atoms. The highest BCUT2D eigenvalue weighted by Crippen LogP contribution is 2.14. The van der Waals surface area contributed by atoms with Crippen LogP contribution in [0.15, 0.2) is 29.2 Å². The highest BCUT2D eigenvalue weighted by Gasteiger charge is 2.22. The van der Waals surface area contributed by atoms with E-state index in [1.54, 1.807) is 26.2 Å². The lowest BCUT2D eigenvalue weighted by molar-refractivity contribution is 0.0827. The molecule has 0 aliphatic carbocycles. The first-order chi connectivity index (χ1) is 9.90. The van der Waals surface area contributed by atoms with E-state index in [0.29, 0.717) is 12.1 Å². The fourth-order valence-electron chi connectivity index (χ4n) is 2.29. The van der Waals surface area contributed by atoms with Crippen LogP contribution in [0.2, 0.25) is 0 Å². The first-order valence-electron chi connectivity index (χ1n) is 6.95. The molecule has 1 aliphatic rings. The number of hydrogen-bond donors (Lipinski definition) is 2. The third-order valence-electron chi connectivity index (χ3n) is 3.42. The fraction of sp³-hybridized carbons (Fsp3) is 0.500. The van der Waals surface area contributed by atoms with Crippen molar-refractivity contribution in [3.8, 4) is 0 Å². The molecular formula is C14H21N3O3S. The van der Waals surface area contributed by atoms with Gasteiger partial charge in [0.1, 0.15) is 0 Å². The van der Waals surface area contributed by atoms with Crippen LogP contribution >= 0.6 is 0 Å². The summed E-state index contributed by atoms with van der Waals surface area (Å²) >= 11 is 0. The van der Waals surface area contributed by atoms with Gasteiger partial charge in [-0.15, -0.1) is 0 Å². The molecule has 0 aromatic heterocycles. The Morgan fingerprint density at radius 2 is 2.14 bits per heavy atom.